The Kier molecular flexibility index (Phi) is 6.61. The van der Waals surface area contributed by atoms with E-state index in [0.717, 1.165) is 56.1 Å². The van der Waals surface area contributed by atoms with Crippen LogP contribution >= 0.6 is 0 Å². The number of rotatable bonds is 4. The van der Waals surface area contributed by atoms with E-state index in [4.69, 9.17) is 4.74 Å². The van der Waals surface area contributed by atoms with Crippen LogP contribution in [0.25, 0.3) is 0 Å². The van der Waals surface area contributed by atoms with Crippen molar-refractivity contribution in [1.29, 1.82) is 0 Å². The molecule has 160 valence electrons. The number of hydrogen-bond donors (Lipinski definition) is 0. The zero-order valence-corrected chi connectivity index (χ0v) is 18.3. The first-order chi connectivity index (χ1) is 14.7. The van der Waals surface area contributed by atoms with Crippen molar-refractivity contribution in [3.8, 4) is 5.75 Å². The molecule has 4 rings (SSSR count). The number of methoxy groups -OCH3 is 1. The summed E-state index contributed by atoms with van der Waals surface area (Å²) in [6.07, 6.45) is 6.93. The standard InChI is InChI=1S/C26H34N2O2/c1-20-15-18-27(19-16-20)23-11-7-22(8-12-23)26(29)28-17-5-3-4-6-25(28)21-9-13-24(30-2)14-10-21/h7-14,20,25H,3-6,15-19H2,1-2H3/t25-/m0/s1. The Bertz CT molecular complexity index is 823. The third kappa shape index (κ3) is 4.63. The summed E-state index contributed by atoms with van der Waals surface area (Å²) in [5.74, 6) is 1.82. The van der Waals surface area contributed by atoms with Crippen molar-refractivity contribution in [2.24, 2.45) is 5.92 Å². The zero-order valence-electron chi connectivity index (χ0n) is 18.3. The lowest BCUT2D eigenvalue weighted by Crippen LogP contribution is -2.35. The van der Waals surface area contributed by atoms with E-state index in [1.807, 2.05) is 24.3 Å². The number of piperidine rings is 1. The van der Waals surface area contributed by atoms with Crippen LogP contribution in [0.5, 0.6) is 5.75 Å². The molecule has 0 unspecified atom stereocenters. The molecule has 2 aliphatic rings. The van der Waals surface area contributed by atoms with Crippen LogP contribution in [0.3, 0.4) is 0 Å². The van der Waals surface area contributed by atoms with Crippen LogP contribution < -0.4 is 9.64 Å². The molecule has 2 saturated heterocycles. The van der Waals surface area contributed by atoms with Gasteiger partial charge in [0.1, 0.15) is 5.75 Å². The van der Waals surface area contributed by atoms with E-state index >= 15 is 0 Å². The van der Waals surface area contributed by atoms with Crippen molar-refractivity contribution in [1.82, 2.24) is 4.90 Å². The van der Waals surface area contributed by atoms with E-state index in [1.54, 1.807) is 7.11 Å². The number of amides is 1. The van der Waals surface area contributed by atoms with E-state index in [-0.39, 0.29) is 11.9 Å². The summed E-state index contributed by atoms with van der Waals surface area (Å²) in [5.41, 5.74) is 3.23. The van der Waals surface area contributed by atoms with Gasteiger partial charge < -0.3 is 14.5 Å². The summed E-state index contributed by atoms with van der Waals surface area (Å²) in [7, 11) is 1.69. The van der Waals surface area contributed by atoms with E-state index in [9.17, 15) is 4.79 Å². The summed E-state index contributed by atoms with van der Waals surface area (Å²) in [6, 6.07) is 16.6. The maximum absolute atomic E-state index is 13.5. The second-order valence-corrected chi connectivity index (χ2v) is 8.85. The lowest BCUT2D eigenvalue weighted by molar-refractivity contribution is 0.0681. The fraction of sp³-hybridized carbons (Fsp3) is 0.500. The van der Waals surface area contributed by atoms with Crippen LogP contribution in [0, 0.1) is 5.92 Å². The highest BCUT2D eigenvalue weighted by molar-refractivity contribution is 5.95. The first-order valence-electron chi connectivity index (χ1n) is 11.5. The number of carbonyl (C=O) groups excluding carboxylic acids is 1. The molecule has 0 radical (unpaired) electrons. The fourth-order valence-corrected chi connectivity index (χ4v) is 4.77. The van der Waals surface area contributed by atoms with Gasteiger partial charge in [0.15, 0.2) is 0 Å². The van der Waals surface area contributed by atoms with E-state index in [0.29, 0.717) is 0 Å². The molecule has 0 saturated carbocycles. The minimum absolute atomic E-state index is 0.133. The number of ether oxygens (including phenoxy) is 1. The molecule has 0 bridgehead atoms. The number of carbonyl (C=O) groups is 1. The molecule has 1 atom stereocenters. The third-order valence-electron chi connectivity index (χ3n) is 6.78. The predicted octanol–water partition coefficient (Wildman–Crippen LogP) is 5.69. The van der Waals surface area contributed by atoms with Crippen LogP contribution in [0.15, 0.2) is 48.5 Å². The summed E-state index contributed by atoms with van der Waals surface area (Å²) < 4.78 is 5.31. The molecule has 0 spiro atoms. The first kappa shape index (κ1) is 20.8. The molecule has 0 aliphatic carbocycles. The summed E-state index contributed by atoms with van der Waals surface area (Å²) in [5, 5.41) is 0. The Morgan fingerprint density at radius 3 is 2.23 bits per heavy atom. The number of benzene rings is 2. The number of hydrogen-bond acceptors (Lipinski definition) is 3. The van der Waals surface area contributed by atoms with E-state index in [1.165, 1.54) is 30.5 Å². The van der Waals surface area contributed by atoms with Gasteiger partial charge in [0.2, 0.25) is 0 Å². The van der Waals surface area contributed by atoms with Crippen molar-refractivity contribution in [2.75, 3.05) is 31.6 Å². The number of nitrogens with zero attached hydrogens (tertiary/aromatic N) is 2. The minimum atomic E-state index is 0.133. The van der Waals surface area contributed by atoms with Gasteiger partial charge in [0, 0.05) is 30.9 Å². The lowest BCUT2D eigenvalue weighted by Gasteiger charge is -2.33. The molecule has 2 aromatic rings. The molecule has 2 fully saturated rings. The molecule has 2 aliphatic heterocycles. The van der Waals surface area contributed by atoms with Gasteiger partial charge in [-0.2, -0.15) is 0 Å². The maximum atomic E-state index is 13.5. The fourth-order valence-electron chi connectivity index (χ4n) is 4.77. The van der Waals surface area contributed by atoms with Gasteiger partial charge in [-0.25, -0.2) is 0 Å². The van der Waals surface area contributed by atoms with Crippen LogP contribution in [0.2, 0.25) is 0 Å². The SMILES string of the molecule is COc1ccc([C@@H]2CCCCCN2C(=O)c2ccc(N3CCC(C)CC3)cc2)cc1. The van der Waals surface area contributed by atoms with E-state index < -0.39 is 0 Å². The van der Waals surface area contributed by atoms with Gasteiger partial charge in [0.05, 0.1) is 13.2 Å². The largest absolute Gasteiger partial charge is 0.497 e. The van der Waals surface area contributed by atoms with Crippen molar-refractivity contribution >= 4 is 11.6 Å². The van der Waals surface area contributed by atoms with Crippen LogP contribution in [-0.4, -0.2) is 37.6 Å². The van der Waals surface area contributed by atoms with Crippen molar-refractivity contribution in [2.45, 2.75) is 51.5 Å². The molecular formula is C26H34N2O2. The van der Waals surface area contributed by atoms with Crippen LogP contribution in [0.4, 0.5) is 5.69 Å². The number of likely N-dealkylation sites (tertiary alicyclic amines) is 1. The summed E-state index contributed by atoms with van der Waals surface area (Å²) in [4.78, 5) is 18.0. The summed E-state index contributed by atoms with van der Waals surface area (Å²) >= 11 is 0. The maximum Gasteiger partial charge on any atom is 0.254 e. The van der Waals surface area contributed by atoms with Gasteiger partial charge >= 0.3 is 0 Å². The molecule has 1 amide bonds. The highest BCUT2D eigenvalue weighted by atomic mass is 16.5. The molecular weight excluding hydrogens is 372 g/mol. The van der Waals surface area contributed by atoms with Crippen molar-refractivity contribution in [3.63, 3.8) is 0 Å². The third-order valence-corrected chi connectivity index (χ3v) is 6.78. The zero-order chi connectivity index (χ0) is 20.9. The van der Waals surface area contributed by atoms with Gasteiger partial charge in [-0.3, -0.25) is 4.79 Å². The Hall–Kier alpha value is -2.49. The summed E-state index contributed by atoms with van der Waals surface area (Å²) in [6.45, 7) is 5.38. The molecule has 0 N–H and O–H groups in total. The Morgan fingerprint density at radius 1 is 0.867 bits per heavy atom. The average Bonchev–Trinajstić information content (AvgIpc) is 3.05. The Balaban J connectivity index is 1.51. The van der Waals surface area contributed by atoms with Crippen LogP contribution in [0.1, 0.15) is 67.4 Å². The highest BCUT2D eigenvalue weighted by Crippen LogP contribution is 2.33. The van der Waals surface area contributed by atoms with Gasteiger partial charge in [0.25, 0.3) is 5.91 Å². The second kappa shape index (κ2) is 9.55. The topological polar surface area (TPSA) is 32.8 Å². The monoisotopic (exact) mass is 406 g/mol. The molecule has 4 nitrogen and oxygen atoms in total. The van der Waals surface area contributed by atoms with Crippen LogP contribution in [-0.2, 0) is 0 Å². The minimum Gasteiger partial charge on any atom is -0.497 e. The second-order valence-electron chi connectivity index (χ2n) is 8.85. The average molecular weight is 407 g/mol. The molecule has 2 aromatic carbocycles. The molecule has 30 heavy (non-hydrogen) atoms. The van der Waals surface area contributed by atoms with Crippen molar-refractivity contribution in [3.05, 3.63) is 59.7 Å². The van der Waals surface area contributed by atoms with E-state index in [2.05, 4.69) is 41.0 Å². The quantitative estimate of drug-likeness (QED) is 0.654. The first-order valence-corrected chi connectivity index (χ1v) is 11.5. The van der Waals surface area contributed by atoms with Gasteiger partial charge in [-0.1, -0.05) is 31.9 Å². The molecule has 4 heteroatoms. The normalized spacial score (nSPS) is 20.7. The Labute approximate surface area is 180 Å². The van der Waals surface area contributed by atoms with Gasteiger partial charge in [-0.15, -0.1) is 0 Å². The Morgan fingerprint density at radius 2 is 1.57 bits per heavy atom. The molecule has 2 heterocycles. The number of anilines is 1. The molecule has 0 aromatic heterocycles. The predicted molar refractivity (Wildman–Crippen MR) is 122 cm³/mol. The lowest BCUT2D eigenvalue weighted by atomic mass is 9.98. The smallest absolute Gasteiger partial charge is 0.254 e. The van der Waals surface area contributed by atoms with Crippen molar-refractivity contribution < 1.29 is 9.53 Å². The van der Waals surface area contributed by atoms with Gasteiger partial charge in [-0.05, 0) is 73.6 Å². The highest BCUT2D eigenvalue weighted by Gasteiger charge is 2.28.